The largest absolute Gasteiger partial charge is 0.461 e. The molecule has 0 unspecified atom stereocenters. The second-order valence-electron chi connectivity index (χ2n) is 3.81. The lowest BCUT2D eigenvalue weighted by atomic mass is 9.82. The molecule has 64 valence electrons. The zero-order valence-corrected chi connectivity index (χ0v) is 8.48. The SMILES string of the molecule is CC1(C)CC(=O)O[C@@H](CBr)C1. The molecule has 0 radical (unpaired) electrons. The molecule has 1 aliphatic rings. The Labute approximate surface area is 75.4 Å². The molecular weight excluding hydrogens is 208 g/mol. The Balaban J connectivity index is 2.58. The molecule has 1 rings (SSSR count). The van der Waals surface area contributed by atoms with Crippen molar-refractivity contribution in [2.24, 2.45) is 5.41 Å². The van der Waals surface area contributed by atoms with Gasteiger partial charge in [-0.1, -0.05) is 29.8 Å². The van der Waals surface area contributed by atoms with Crippen LogP contribution in [0.2, 0.25) is 0 Å². The Bertz CT molecular complexity index is 165. The van der Waals surface area contributed by atoms with E-state index in [1.807, 2.05) is 0 Å². The average molecular weight is 221 g/mol. The monoisotopic (exact) mass is 220 g/mol. The van der Waals surface area contributed by atoms with Crippen molar-refractivity contribution in [3.63, 3.8) is 0 Å². The van der Waals surface area contributed by atoms with Gasteiger partial charge in [0, 0.05) is 5.33 Å². The number of alkyl halides is 1. The van der Waals surface area contributed by atoms with Gasteiger partial charge in [-0.3, -0.25) is 4.79 Å². The van der Waals surface area contributed by atoms with Crippen LogP contribution in [0.5, 0.6) is 0 Å². The summed E-state index contributed by atoms with van der Waals surface area (Å²) in [6.07, 6.45) is 1.59. The molecule has 0 aromatic carbocycles. The molecule has 1 heterocycles. The fraction of sp³-hybridized carbons (Fsp3) is 0.875. The minimum absolute atomic E-state index is 0.0642. The molecule has 2 nitrogen and oxygen atoms in total. The first-order chi connectivity index (χ1) is 5.03. The van der Waals surface area contributed by atoms with Crippen LogP contribution in [0.3, 0.4) is 0 Å². The molecule has 0 aliphatic carbocycles. The van der Waals surface area contributed by atoms with Crippen molar-refractivity contribution < 1.29 is 9.53 Å². The number of halogens is 1. The van der Waals surface area contributed by atoms with Gasteiger partial charge in [0.2, 0.25) is 0 Å². The van der Waals surface area contributed by atoms with Gasteiger partial charge in [-0.05, 0) is 11.8 Å². The average Bonchev–Trinajstić information content (AvgIpc) is 1.83. The molecular formula is C8H13BrO2. The van der Waals surface area contributed by atoms with Gasteiger partial charge in [0.25, 0.3) is 0 Å². The Kier molecular flexibility index (Phi) is 2.58. The number of ether oxygens (including phenoxy) is 1. The van der Waals surface area contributed by atoms with Crippen molar-refractivity contribution in [3.8, 4) is 0 Å². The summed E-state index contributed by atoms with van der Waals surface area (Å²) < 4.78 is 5.09. The minimum Gasteiger partial charge on any atom is -0.461 e. The van der Waals surface area contributed by atoms with Crippen LogP contribution >= 0.6 is 15.9 Å². The van der Waals surface area contributed by atoms with E-state index in [2.05, 4.69) is 29.8 Å². The van der Waals surface area contributed by atoms with Crippen molar-refractivity contribution in [2.45, 2.75) is 32.8 Å². The smallest absolute Gasteiger partial charge is 0.306 e. The number of esters is 1. The van der Waals surface area contributed by atoms with Crippen LogP contribution in [-0.2, 0) is 9.53 Å². The standard InChI is InChI=1S/C8H13BrO2/c1-8(2)3-6(5-9)11-7(10)4-8/h6H,3-5H2,1-2H3/t6-/m1/s1. The number of hydrogen-bond acceptors (Lipinski definition) is 2. The summed E-state index contributed by atoms with van der Waals surface area (Å²) in [7, 11) is 0. The number of hydrogen-bond donors (Lipinski definition) is 0. The molecule has 0 aromatic heterocycles. The molecule has 0 amide bonds. The van der Waals surface area contributed by atoms with Gasteiger partial charge in [-0.25, -0.2) is 0 Å². The Morgan fingerprint density at radius 3 is 2.82 bits per heavy atom. The second-order valence-corrected chi connectivity index (χ2v) is 4.46. The molecule has 11 heavy (non-hydrogen) atoms. The molecule has 0 bridgehead atoms. The highest BCUT2D eigenvalue weighted by Crippen LogP contribution is 2.33. The first-order valence-electron chi connectivity index (χ1n) is 3.79. The normalized spacial score (nSPS) is 29.7. The predicted octanol–water partition coefficient (Wildman–Crippen LogP) is 2.11. The Hall–Kier alpha value is -0.0500. The first kappa shape index (κ1) is 9.04. The number of rotatable bonds is 1. The summed E-state index contributed by atoms with van der Waals surface area (Å²) in [5.41, 5.74) is 0.119. The van der Waals surface area contributed by atoms with E-state index in [1.165, 1.54) is 0 Å². The van der Waals surface area contributed by atoms with E-state index in [4.69, 9.17) is 4.74 Å². The van der Waals surface area contributed by atoms with Gasteiger partial charge in [-0.2, -0.15) is 0 Å². The van der Waals surface area contributed by atoms with E-state index >= 15 is 0 Å². The maximum atomic E-state index is 11.0. The van der Waals surface area contributed by atoms with Crippen LogP contribution in [-0.4, -0.2) is 17.4 Å². The quantitative estimate of drug-likeness (QED) is 0.500. The van der Waals surface area contributed by atoms with Crippen molar-refractivity contribution in [2.75, 3.05) is 5.33 Å². The van der Waals surface area contributed by atoms with Crippen LogP contribution in [0.4, 0.5) is 0 Å². The third-order valence-electron chi connectivity index (χ3n) is 1.87. The molecule has 1 aliphatic heterocycles. The minimum atomic E-state index is -0.0642. The van der Waals surface area contributed by atoms with Crippen LogP contribution < -0.4 is 0 Å². The summed E-state index contributed by atoms with van der Waals surface area (Å²) in [6.45, 7) is 4.20. The van der Waals surface area contributed by atoms with Gasteiger partial charge in [0.1, 0.15) is 6.10 Å². The summed E-state index contributed by atoms with van der Waals surface area (Å²) in [4.78, 5) is 11.0. The van der Waals surface area contributed by atoms with Crippen molar-refractivity contribution >= 4 is 21.9 Å². The van der Waals surface area contributed by atoms with Gasteiger partial charge < -0.3 is 4.74 Å². The molecule has 0 N–H and O–H groups in total. The van der Waals surface area contributed by atoms with E-state index in [-0.39, 0.29) is 17.5 Å². The summed E-state index contributed by atoms with van der Waals surface area (Å²) in [5.74, 6) is -0.0642. The Morgan fingerprint density at radius 2 is 2.36 bits per heavy atom. The lowest BCUT2D eigenvalue weighted by Gasteiger charge is -2.33. The third kappa shape index (κ3) is 2.47. The number of cyclic esters (lactones) is 1. The molecule has 1 atom stereocenters. The maximum absolute atomic E-state index is 11.0. The first-order valence-corrected chi connectivity index (χ1v) is 4.91. The molecule has 1 saturated heterocycles. The van der Waals surface area contributed by atoms with Crippen molar-refractivity contribution in [3.05, 3.63) is 0 Å². The van der Waals surface area contributed by atoms with E-state index in [0.717, 1.165) is 11.8 Å². The lowest BCUT2D eigenvalue weighted by Crippen LogP contribution is -2.35. The van der Waals surface area contributed by atoms with Crippen LogP contribution in [0.1, 0.15) is 26.7 Å². The maximum Gasteiger partial charge on any atom is 0.306 e. The number of carbonyl (C=O) groups excluding carboxylic acids is 1. The fourth-order valence-corrected chi connectivity index (χ4v) is 1.80. The van der Waals surface area contributed by atoms with Crippen LogP contribution in [0.15, 0.2) is 0 Å². The highest BCUT2D eigenvalue weighted by atomic mass is 79.9. The summed E-state index contributed by atoms with van der Waals surface area (Å²) in [5, 5.41) is 0.752. The van der Waals surface area contributed by atoms with Gasteiger partial charge in [0.05, 0.1) is 6.42 Å². The predicted molar refractivity (Wildman–Crippen MR) is 46.7 cm³/mol. The van der Waals surface area contributed by atoms with Gasteiger partial charge in [-0.15, -0.1) is 0 Å². The van der Waals surface area contributed by atoms with Crippen molar-refractivity contribution in [1.29, 1.82) is 0 Å². The van der Waals surface area contributed by atoms with E-state index < -0.39 is 0 Å². The van der Waals surface area contributed by atoms with E-state index in [9.17, 15) is 4.79 Å². The molecule has 1 fully saturated rings. The van der Waals surface area contributed by atoms with Gasteiger partial charge >= 0.3 is 5.97 Å². The summed E-state index contributed by atoms with van der Waals surface area (Å²) >= 11 is 3.31. The molecule has 0 saturated carbocycles. The molecule has 0 spiro atoms. The van der Waals surface area contributed by atoms with E-state index in [0.29, 0.717) is 6.42 Å². The van der Waals surface area contributed by atoms with E-state index in [1.54, 1.807) is 0 Å². The molecule has 0 aromatic rings. The van der Waals surface area contributed by atoms with Crippen molar-refractivity contribution in [1.82, 2.24) is 0 Å². The van der Waals surface area contributed by atoms with Gasteiger partial charge in [0.15, 0.2) is 0 Å². The highest BCUT2D eigenvalue weighted by Gasteiger charge is 2.33. The third-order valence-corrected chi connectivity index (χ3v) is 2.60. The Morgan fingerprint density at radius 1 is 1.73 bits per heavy atom. The molecule has 3 heteroatoms. The van der Waals surface area contributed by atoms with Crippen LogP contribution in [0.25, 0.3) is 0 Å². The summed E-state index contributed by atoms with van der Waals surface area (Å²) in [6, 6.07) is 0. The van der Waals surface area contributed by atoms with Crippen LogP contribution in [0, 0.1) is 5.41 Å². The topological polar surface area (TPSA) is 26.3 Å². The number of carbonyl (C=O) groups is 1. The zero-order valence-electron chi connectivity index (χ0n) is 6.89. The highest BCUT2D eigenvalue weighted by molar-refractivity contribution is 9.09. The zero-order chi connectivity index (χ0) is 8.48. The lowest BCUT2D eigenvalue weighted by molar-refractivity contribution is -0.158. The second kappa shape index (κ2) is 3.13. The fourth-order valence-electron chi connectivity index (χ4n) is 1.43.